The molecule has 0 saturated heterocycles. The van der Waals surface area contributed by atoms with E-state index in [2.05, 4.69) is 31.6 Å². The van der Waals surface area contributed by atoms with Gasteiger partial charge in [-0.3, -0.25) is 24.0 Å². The molecule has 14 nitrogen and oxygen atoms in total. The average Bonchev–Trinajstić information content (AvgIpc) is 3.79. The highest BCUT2D eigenvalue weighted by molar-refractivity contribution is 5.97. The van der Waals surface area contributed by atoms with Gasteiger partial charge in [0.1, 0.15) is 41.8 Å². The summed E-state index contributed by atoms with van der Waals surface area (Å²) in [6.07, 6.45) is 1.57. The molecule has 1 aromatic heterocycles. The van der Waals surface area contributed by atoms with Crippen molar-refractivity contribution in [1.29, 1.82) is 0 Å². The van der Waals surface area contributed by atoms with Crippen LogP contribution in [0.3, 0.4) is 0 Å². The van der Waals surface area contributed by atoms with Crippen molar-refractivity contribution >= 4 is 46.4 Å². The molecule has 5 amide bonds. The van der Waals surface area contributed by atoms with E-state index in [1.54, 1.807) is 36.5 Å². The number of aromatic nitrogens is 1. The van der Waals surface area contributed by atoms with E-state index in [1.807, 2.05) is 109 Å². The number of carbonyl (C=O) groups is 6. The van der Waals surface area contributed by atoms with E-state index in [9.17, 15) is 33.9 Å². The highest BCUT2D eigenvalue weighted by Gasteiger charge is 2.34. The van der Waals surface area contributed by atoms with Crippen LogP contribution in [-0.2, 0) is 60.9 Å². The highest BCUT2D eigenvalue weighted by atomic mass is 19.1. The number of hydrogen-bond acceptors (Lipinski definition) is 7. The molecule has 2 bridgehead atoms. The zero-order valence-electron chi connectivity index (χ0n) is 38.6. The Balaban J connectivity index is 1.14. The summed E-state index contributed by atoms with van der Waals surface area (Å²) >= 11 is 0. The fourth-order valence-electron chi connectivity index (χ4n) is 8.59. The number of ether oxygens (including phenoxy) is 1. The molecule has 0 saturated carbocycles. The predicted molar refractivity (Wildman–Crippen MR) is 265 cm³/mol. The van der Waals surface area contributed by atoms with Gasteiger partial charge in [0, 0.05) is 42.8 Å². The highest BCUT2D eigenvalue weighted by Crippen LogP contribution is 2.22. The first kappa shape index (κ1) is 48.9. The van der Waals surface area contributed by atoms with Crippen LogP contribution in [0.2, 0.25) is 0 Å². The van der Waals surface area contributed by atoms with Gasteiger partial charge in [-0.1, -0.05) is 133 Å². The summed E-state index contributed by atoms with van der Waals surface area (Å²) in [6, 6.07) is 39.1. The van der Waals surface area contributed by atoms with Gasteiger partial charge in [-0.25, -0.2) is 9.18 Å². The standard InChI is InChI=1S/C56H53FN6O8/c57-44-17-9-7-15-40(44)31-50-55(68)62-47(52(65)60-46(56(69)70)28-23-35-11-3-1-4-12-35)30-37-21-26-42(27-22-37)71-34-51(64)59-49(32-41-33-58-45-18-10-8-16-43(41)45)54(67)61-48(53(66)63-50)29-36-19-24-39(25-20-36)38-13-5-2-6-14-38/h1-22,24-27,33,46-50,58H,23,28-32,34H2,(H,59,64)(H,60,65)(H,61,67)(H,62,68)(H,63,66)(H,69,70)/t46-,47+,48-,49+,50+/m1/s1. The molecule has 0 radical (unpaired) electrons. The van der Waals surface area contributed by atoms with E-state index in [0.717, 1.165) is 33.2 Å². The van der Waals surface area contributed by atoms with Crippen molar-refractivity contribution < 1.29 is 43.0 Å². The average molecular weight is 957 g/mol. The number of rotatable bonds is 13. The van der Waals surface area contributed by atoms with Gasteiger partial charge in [0.15, 0.2) is 6.61 Å². The van der Waals surface area contributed by atoms with Crippen LogP contribution in [0.1, 0.15) is 34.2 Å². The largest absolute Gasteiger partial charge is 0.484 e. The molecule has 7 aromatic rings. The van der Waals surface area contributed by atoms with E-state index >= 15 is 4.39 Å². The topological polar surface area (TPSA) is 208 Å². The summed E-state index contributed by atoms with van der Waals surface area (Å²) in [7, 11) is 0. The first-order valence-corrected chi connectivity index (χ1v) is 23.4. The molecule has 9 rings (SSSR count). The molecule has 5 atom stereocenters. The van der Waals surface area contributed by atoms with Gasteiger partial charge in [-0.05, 0) is 76.1 Å². The normalized spacial score (nSPS) is 18.3. The van der Waals surface area contributed by atoms with Crippen LogP contribution in [0.25, 0.3) is 22.0 Å². The number of nitrogens with one attached hydrogen (secondary N) is 6. The van der Waals surface area contributed by atoms with Gasteiger partial charge in [-0.15, -0.1) is 0 Å². The van der Waals surface area contributed by atoms with Crippen LogP contribution < -0.4 is 31.3 Å². The van der Waals surface area contributed by atoms with Crippen LogP contribution >= 0.6 is 0 Å². The minimum Gasteiger partial charge on any atom is -0.484 e. The lowest BCUT2D eigenvalue weighted by Gasteiger charge is -2.27. The molecule has 0 unspecified atom stereocenters. The number of carboxylic acids is 1. The minimum absolute atomic E-state index is 0.0210. The fraction of sp³-hybridized carbons (Fsp3) is 0.214. The molecule has 7 N–H and O–H groups in total. The molecular formula is C56H53FN6O8. The number of aromatic amines is 1. The van der Waals surface area contributed by atoms with Gasteiger partial charge in [0.2, 0.25) is 23.6 Å². The first-order valence-electron chi connectivity index (χ1n) is 23.4. The van der Waals surface area contributed by atoms with E-state index in [4.69, 9.17) is 4.74 Å². The fourth-order valence-corrected chi connectivity index (χ4v) is 8.59. The van der Waals surface area contributed by atoms with E-state index in [0.29, 0.717) is 17.5 Å². The maximum Gasteiger partial charge on any atom is 0.326 e. The van der Waals surface area contributed by atoms with Crippen molar-refractivity contribution in [2.45, 2.75) is 68.7 Å². The molecule has 2 aliphatic heterocycles. The number of carboxylic acid groups (broad SMARTS) is 1. The lowest BCUT2D eigenvalue weighted by atomic mass is 9.98. The van der Waals surface area contributed by atoms with Crippen LogP contribution in [0.4, 0.5) is 4.39 Å². The van der Waals surface area contributed by atoms with Gasteiger partial charge in [0.05, 0.1) is 0 Å². The monoisotopic (exact) mass is 956 g/mol. The van der Waals surface area contributed by atoms with Crippen molar-refractivity contribution in [3.63, 3.8) is 0 Å². The van der Waals surface area contributed by atoms with Crippen LogP contribution in [0, 0.1) is 5.82 Å². The van der Waals surface area contributed by atoms with Crippen molar-refractivity contribution in [1.82, 2.24) is 31.6 Å². The summed E-state index contributed by atoms with van der Waals surface area (Å²) in [4.78, 5) is 87.8. The zero-order valence-corrected chi connectivity index (χ0v) is 38.6. The Bertz CT molecular complexity index is 2980. The summed E-state index contributed by atoms with van der Waals surface area (Å²) < 4.78 is 21.3. The molecule has 3 heterocycles. The summed E-state index contributed by atoms with van der Waals surface area (Å²) in [6.45, 7) is -0.479. The second kappa shape index (κ2) is 23.1. The Hall–Kier alpha value is -8.59. The second-order valence-electron chi connectivity index (χ2n) is 17.5. The molecule has 0 spiro atoms. The number of amides is 5. The van der Waals surface area contributed by atoms with Gasteiger partial charge in [0.25, 0.3) is 5.91 Å². The lowest BCUT2D eigenvalue weighted by Crippen LogP contribution is -2.60. The zero-order chi connectivity index (χ0) is 49.7. The number of halogens is 1. The van der Waals surface area contributed by atoms with E-state index < -0.39 is 78.1 Å². The van der Waals surface area contributed by atoms with Crippen molar-refractivity contribution in [2.75, 3.05) is 6.61 Å². The van der Waals surface area contributed by atoms with Crippen LogP contribution in [0.15, 0.2) is 164 Å². The Morgan fingerprint density at radius 1 is 0.620 bits per heavy atom. The SMILES string of the molecule is O=C1COc2ccc(cc2)C[C@@H](C(=O)N[C@H](CCc2ccccc2)C(=O)O)NC(=O)[C@H](Cc2ccccc2F)NC(=O)[C@@H](Cc2ccc(-c3ccccc3)cc2)NC(=O)[C@H](Cc2c[nH]c3ccccc23)N1. The molecular weight excluding hydrogens is 904 g/mol. The molecule has 2 aliphatic rings. The van der Waals surface area contributed by atoms with Gasteiger partial charge >= 0.3 is 5.97 Å². The number of aryl methyl sites for hydroxylation is 1. The number of hydrogen-bond donors (Lipinski definition) is 7. The van der Waals surface area contributed by atoms with Gasteiger partial charge < -0.3 is 41.4 Å². The maximum absolute atomic E-state index is 15.4. The summed E-state index contributed by atoms with van der Waals surface area (Å²) in [5, 5.41) is 24.8. The molecule has 362 valence electrons. The summed E-state index contributed by atoms with van der Waals surface area (Å²) in [5.74, 6) is -5.49. The summed E-state index contributed by atoms with van der Waals surface area (Å²) in [5.41, 5.74) is 5.53. The minimum atomic E-state index is -1.53. The molecule has 15 heteroatoms. The maximum atomic E-state index is 15.4. The quantitative estimate of drug-likeness (QED) is 0.0704. The third-order valence-corrected chi connectivity index (χ3v) is 12.4. The number of fused-ring (bicyclic) bond motifs is 17. The molecule has 71 heavy (non-hydrogen) atoms. The number of aliphatic carboxylic acids is 1. The Labute approximate surface area is 409 Å². The third-order valence-electron chi connectivity index (χ3n) is 12.4. The van der Waals surface area contributed by atoms with Crippen molar-refractivity contribution in [2.24, 2.45) is 0 Å². The smallest absolute Gasteiger partial charge is 0.326 e. The molecule has 6 aromatic carbocycles. The Morgan fingerprint density at radius 2 is 1.21 bits per heavy atom. The van der Waals surface area contributed by atoms with E-state index in [1.165, 1.54) is 18.2 Å². The predicted octanol–water partition coefficient (Wildman–Crippen LogP) is 5.78. The second-order valence-corrected chi connectivity index (χ2v) is 17.5. The molecule has 0 aliphatic carbocycles. The van der Waals surface area contributed by atoms with Crippen molar-refractivity contribution in [3.8, 4) is 16.9 Å². The van der Waals surface area contributed by atoms with Crippen LogP contribution in [0.5, 0.6) is 5.75 Å². The Morgan fingerprint density at radius 3 is 1.92 bits per heavy atom. The number of carbonyl (C=O) groups excluding carboxylic acids is 5. The third kappa shape index (κ3) is 13.1. The number of benzene rings is 6. The van der Waals surface area contributed by atoms with Gasteiger partial charge in [-0.2, -0.15) is 0 Å². The number of H-pyrrole nitrogens is 1. The number of para-hydroxylation sites is 1. The van der Waals surface area contributed by atoms with Crippen molar-refractivity contribution in [3.05, 3.63) is 198 Å². The van der Waals surface area contributed by atoms with E-state index in [-0.39, 0.29) is 43.4 Å². The van der Waals surface area contributed by atoms with Crippen LogP contribution in [-0.4, -0.2) is 82.4 Å². The Kier molecular flexibility index (Phi) is 15.9. The first-order chi connectivity index (χ1) is 34.4. The lowest BCUT2D eigenvalue weighted by molar-refractivity contribution is -0.142. The molecule has 0 fully saturated rings.